The third kappa shape index (κ3) is 7.09. The number of ether oxygens (including phenoxy) is 2. The van der Waals surface area contributed by atoms with E-state index < -0.39 is 24.4 Å². The molecule has 1 heterocycles. The number of hydrogen-bond donors (Lipinski definition) is 3. The van der Waals surface area contributed by atoms with Crippen LogP contribution in [0.15, 0.2) is 12.3 Å². The van der Waals surface area contributed by atoms with E-state index in [1.54, 1.807) is 6.26 Å². The summed E-state index contributed by atoms with van der Waals surface area (Å²) in [5, 5.41) is 28.5. The molecule has 0 aromatic heterocycles. The lowest BCUT2D eigenvalue weighted by molar-refractivity contribution is -0.0737. The molecule has 5 nitrogen and oxygen atoms in total. The summed E-state index contributed by atoms with van der Waals surface area (Å²) >= 11 is 0. The summed E-state index contributed by atoms with van der Waals surface area (Å²) in [5.74, 6) is 0. The van der Waals surface area contributed by atoms with Gasteiger partial charge in [0, 0.05) is 0 Å². The highest BCUT2D eigenvalue weighted by Crippen LogP contribution is 2.19. The van der Waals surface area contributed by atoms with Crippen LogP contribution in [-0.4, -0.2) is 52.9 Å². The zero-order valence-corrected chi connectivity index (χ0v) is 13.7. The molecule has 0 aliphatic carbocycles. The van der Waals surface area contributed by atoms with E-state index in [4.69, 9.17) is 9.47 Å². The number of allylic oxidation sites excluding steroid dienone is 1. The highest BCUT2D eigenvalue weighted by Gasteiger charge is 2.40. The summed E-state index contributed by atoms with van der Waals surface area (Å²) in [6.45, 7) is 2.05. The van der Waals surface area contributed by atoms with Crippen molar-refractivity contribution in [3.8, 4) is 0 Å². The molecule has 1 saturated heterocycles. The fourth-order valence-electron chi connectivity index (χ4n) is 2.62. The lowest BCUT2D eigenvalue weighted by atomic mass is 10.1. The van der Waals surface area contributed by atoms with Crippen LogP contribution in [0.2, 0.25) is 0 Å². The number of rotatable bonds is 12. The molecule has 0 spiro atoms. The summed E-state index contributed by atoms with van der Waals surface area (Å²) in [5.41, 5.74) is 0. The van der Waals surface area contributed by atoms with E-state index in [1.807, 2.05) is 6.08 Å². The molecule has 1 aliphatic heterocycles. The predicted octanol–water partition coefficient (Wildman–Crippen LogP) is 2.14. The Balaban J connectivity index is 2.08. The second kappa shape index (κ2) is 11.9. The van der Waals surface area contributed by atoms with Gasteiger partial charge in [0.15, 0.2) is 0 Å². The van der Waals surface area contributed by atoms with Crippen LogP contribution in [0, 0.1) is 0 Å². The normalized spacial score (nSPS) is 26.6. The van der Waals surface area contributed by atoms with Crippen LogP contribution < -0.4 is 0 Å². The number of aliphatic hydroxyl groups excluding tert-OH is 3. The van der Waals surface area contributed by atoms with E-state index in [0.717, 1.165) is 12.8 Å². The largest absolute Gasteiger partial charge is 0.493 e. The first-order valence-electron chi connectivity index (χ1n) is 8.59. The highest BCUT2D eigenvalue weighted by molar-refractivity contribution is 4.90. The van der Waals surface area contributed by atoms with Crippen LogP contribution in [0.3, 0.4) is 0 Å². The first-order valence-corrected chi connectivity index (χ1v) is 8.59. The molecule has 1 aliphatic rings. The molecule has 0 radical (unpaired) electrons. The molecule has 5 heteroatoms. The van der Waals surface area contributed by atoms with Crippen LogP contribution in [0.4, 0.5) is 0 Å². The van der Waals surface area contributed by atoms with E-state index in [9.17, 15) is 15.3 Å². The second-order valence-electron chi connectivity index (χ2n) is 5.99. The summed E-state index contributed by atoms with van der Waals surface area (Å²) in [4.78, 5) is 0. The standard InChI is InChI=1S/C17H32O5/c1-2-3-4-5-6-7-8-9-10-11-21-15(12-18)17-16(20)14(19)13-22-17/h10-11,14-20H,2-9,12-13H2,1H3/b11-10+/t14-,15+,16-,17-/m0/s1. The second-order valence-corrected chi connectivity index (χ2v) is 5.99. The molecule has 0 aromatic rings. The number of unbranched alkanes of at least 4 members (excludes halogenated alkanes) is 7. The van der Waals surface area contributed by atoms with E-state index in [1.165, 1.54) is 38.5 Å². The Hall–Kier alpha value is -0.620. The van der Waals surface area contributed by atoms with E-state index >= 15 is 0 Å². The Bertz CT molecular complexity index is 295. The van der Waals surface area contributed by atoms with Gasteiger partial charge in [0.2, 0.25) is 0 Å². The van der Waals surface area contributed by atoms with Gasteiger partial charge in [-0.05, 0) is 18.9 Å². The molecule has 0 amide bonds. The van der Waals surface area contributed by atoms with Crippen molar-refractivity contribution in [1.29, 1.82) is 0 Å². The Morgan fingerprint density at radius 2 is 1.82 bits per heavy atom. The average molecular weight is 316 g/mol. The zero-order valence-electron chi connectivity index (χ0n) is 13.7. The van der Waals surface area contributed by atoms with Crippen molar-refractivity contribution < 1.29 is 24.8 Å². The van der Waals surface area contributed by atoms with Crippen molar-refractivity contribution >= 4 is 0 Å². The number of hydrogen-bond acceptors (Lipinski definition) is 5. The SMILES string of the molecule is CCCCCCCCC/C=C/O[C@H](CO)[C@@H]1OC[C@H](O)[C@@H]1O. The molecule has 0 unspecified atom stereocenters. The maximum absolute atomic E-state index is 9.73. The molecule has 1 rings (SSSR count). The number of aliphatic hydroxyl groups is 3. The van der Waals surface area contributed by atoms with Crippen molar-refractivity contribution in [3.63, 3.8) is 0 Å². The minimum absolute atomic E-state index is 0.0768. The van der Waals surface area contributed by atoms with Crippen molar-refractivity contribution in [2.45, 2.75) is 82.7 Å². The van der Waals surface area contributed by atoms with E-state index in [0.29, 0.717) is 0 Å². The van der Waals surface area contributed by atoms with Gasteiger partial charge >= 0.3 is 0 Å². The molecule has 22 heavy (non-hydrogen) atoms. The minimum atomic E-state index is -1.01. The van der Waals surface area contributed by atoms with Gasteiger partial charge in [-0.1, -0.05) is 45.4 Å². The molecule has 0 bridgehead atoms. The third-order valence-electron chi connectivity index (χ3n) is 4.06. The zero-order chi connectivity index (χ0) is 16.2. The monoisotopic (exact) mass is 316 g/mol. The van der Waals surface area contributed by atoms with Crippen LogP contribution in [0.5, 0.6) is 0 Å². The third-order valence-corrected chi connectivity index (χ3v) is 4.06. The van der Waals surface area contributed by atoms with Gasteiger partial charge in [0.25, 0.3) is 0 Å². The molecular weight excluding hydrogens is 284 g/mol. The Kier molecular flexibility index (Phi) is 10.5. The maximum atomic E-state index is 9.73. The average Bonchev–Trinajstić information content (AvgIpc) is 2.85. The highest BCUT2D eigenvalue weighted by atomic mass is 16.6. The van der Waals surface area contributed by atoms with Gasteiger partial charge in [0.05, 0.1) is 19.5 Å². The van der Waals surface area contributed by atoms with Gasteiger partial charge in [-0.2, -0.15) is 0 Å². The first-order chi connectivity index (χ1) is 10.7. The van der Waals surface area contributed by atoms with Crippen LogP contribution in [0.25, 0.3) is 0 Å². The maximum Gasteiger partial charge on any atom is 0.149 e. The molecule has 3 N–H and O–H groups in total. The Morgan fingerprint density at radius 1 is 1.14 bits per heavy atom. The summed E-state index contributed by atoms with van der Waals surface area (Å²) in [7, 11) is 0. The van der Waals surface area contributed by atoms with Crippen LogP contribution in [0.1, 0.15) is 58.3 Å². The van der Waals surface area contributed by atoms with E-state index in [2.05, 4.69) is 6.92 Å². The van der Waals surface area contributed by atoms with Crippen molar-refractivity contribution in [2.24, 2.45) is 0 Å². The van der Waals surface area contributed by atoms with Gasteiger partial charge in [-0.25, -0.2) is 0 Å². The molecule has 130 valence electrons. The summed E-state index contributed by atoms with van der Waals surface area (Å²) in [6.07, 6.45) is 10.1. The molecule has 0 saturated carbocycles. The van der Waals surface area contributed by atoms with E-state index in [-0.39, 0.29) is 13.2 Å². The smallest absolute Gasteiger partial charge is 0.149 e. The lowest BCUT2D eigenvalue weighted by Crippen LogP contribution is -2.41. The molecule has 0 aromatic carbocycles. The van der Waals surface area contributed by atoms with Gasteiger partial charge in [-0.15, -0.1) is 0 Å². The van der Waals surface area contributed by atoms with Crippen LogP contribution >= 0.6 is 0 Å². The predicted molar refractivity (Wildman–Crippen MR) is 85.5 cm³/mol. The Labute approximate surface area is 133 Å². The van der Waals surface area contributed by atoms with Crippen molar-refractivity contribution in [1.82, 2.24) is 0 Å². The molecular formula is C17H32O5. The van der Waals surface area contributed by atoms with Crippen molar-refractivity contribution in [3.05, 3.63) is 12.3 Å². The summed E-state index contributed by atoms with van der Waals surface area (Å²) < 4.78 is 10.7. The molecule has 1 fully saturated rings. The van der Waals surface area contributed by atoms with Gasteiger partial charge in [0.1, 0.15) is 24.4 Å². The van der Waals surface area contributed by atoms with Gasteiger partial charge < -0.3 is 24.8 Å². The molecule has 4 atom stereocenters. The lowest BCUT2D eigenvalue weighted by Gasteiger charge is -2.23. The van der Waals surface area contributed by atoms with Crippen molar-refractivity contribution in [2.75, 3.05) is 13.2 Å². The Morgan fingerprint density at radius 3 is 2.41 bits per heavy atom. The topological polar surface area (TPSA) is 79.2 Å². The quantitative estimate of drug-likeness (QED) is 0.380. The summed E-state index contributed by atoms with van der Waals surface area (Å²) in [6, 6.07) is 0. The fraction of sp³-hybridized carbons (Fsp3) is 0.882. The first kappa shape index (κ1) is 19.4. The van der Waals surface area contributed by atoms with Gasteiger partial charge in [-0.3, -0.25) is 0 Å². The fourth-order valence-corrected chi connectivity index (χ4v) is 2.62. The minimum Gasteiger partial charge on any atom is -0.493 e. The van der Waals surface area contributed by atoms with Crippen LogP contribution in [-0.2, 0) is 9.47 Å².